The fourth-order valence-electron chi connectivity index (χ4n) is 4.02. The van der Waals surface area contributed by atoms with Crippen molar-refractivity contribution in [3.8, 4) is 11.4 Å². The van der Waals surface area contributed by atoms with Gasteiger partial charge in [-0.2, -0.15) is 0 Å². The molecule has 0 saturated heterocycles. The van der Waals surface area contributed by atoms with Crippen molar-refractivity contribution in [2.45, 2.75) is 32.2 Å². The van der Waals surface area contributed by atoms with Crippen LogP contribution in [0.3, 0.4) is 0 Å². The molecule has 110 valence electrons. The molecule has 2 aliphatic carbocycles. The van der Waals surface area contributed by atoms with Gasteiger partial charge >= 0.3 is 0 Å². The molecular formula is C15H18FN5. The lowest BCUT2D eigenvalue weighted by molar-refractivity contribution is 0.284. The SMILES string of the molecule is Nc1ccc(-c2nnnn2CC2CC3CCC2C3)cc1F. The molecule has 3 atom stereocenters. The number of tetrazole rings is 1. The number of benzene rings is 1. The van der Waals surface area contributed by atoms with Crippen LogP contribution in [0.5, 0.6) is 0 Å². The predicted molar refractivity (Wildman–Crippen MR) is 76.6 cm³/mol. The van der Waals surface area contributed by atoms with E-state index in [1.165, 1.54) is 31.7 Å². The highest BCUT2D eigenvalue weighted by Crippen LogP contribution is 2.48. The Hall–Kier alpha value is -1.98. The van der Waals surface area contributed by atoms with Gasteiger partial charge in [-0.1, -0.05) is 6.42 Å². The highest BCUT2D eigenvalue weighted by atomic mass is 19.1. The van der Waals surface area contributed by atoms with Gasteiger partial charge in [-0.25, -0.2) is 9.07 Å². The molecule has 6 heteroatoms. The molecule has 0 spiro atoms. The number of nitrogens with zero attached hydrogens (tertiary/aromatic N) is 4. The quantitative estimate of drug-likeness (QED) is 0.881. The summed E-state index contributed by atoms with van der Waals surface area (Å²) in [6, 6.07) is 4.72. The van der Waals surface area contributed by atoms with Crippen molar-refractivity contribution in [1.29, 1.82) is 0 Å². The lowest BCUT2D eigenvalue weighted by Gasteiger charge is -2.21. The number of halogens is 1. The maximum atomic E-state index is 13.6. The number of aromatic nitrogens is 4. The van der Waals surface area contributed by atoms with E-state index in [1.807, 2.05) is 4.68 Å². The molecule has 2 bridgehead atoms. The average Bonchev–Trinajstić information content (AvgIpc) is 3.18. The second-order valence-corrected chi connectivity index (χ2v) is 6.36. The summed E-state index contributed by atoms with van der Waals surface area (Å²) in [6.07, 6.45) is 5.36. The smallest absolute Gasteiger partial charge is 0.182 e. The Kier molecular flexibility index (Phi) is 2.90. The van der Waals surface area contributed by atoms with E-state index < -0.39 is 5.82 Å². The van der Waals surface area contributed by atoms with Gasteiger partial charge in [0.05, 0.1) is 5.69 Å². The minimum atomic E-state index is -0.429. The number of hydrogen-bond acceptors (Lipinski definition) is 4. The van der Waals surface area contributed by atoms with Crippen LogP contribution < -0.4 is 5.73 Å². The Morgan fingerprint density at radius 2 is 2.19 bits per heavy atom. The summed E-state index contributed by atoms with van der Waals surface area (Å²) in [4.78, 5) is 0. The number of nitrogen functional groups attached to an aromatic ring is 1. The average molecular weight is 287 g/mol. The molecule has 21 heavy (non-hydrogen) atoms. The fraction of sp³-hybridized carbons (Fsp3) is 0.533. The van der Waals surface area contributed by atoms with E-state index in [-0.39, 0.29) is 5.69 Å². The summed E-state index contributed by atoms with van der Waals surface area (Å²) >= 11 is 0. The summed E-state index contributed by atoms with van der Waals surface area (Å²) < 4.78 is 15.4. The number of anilines is 1. The van der Waals surface area contributed by atoms with Gasteiger partial charge in [-0.05, 0) is 65.6 Å². The van der Waals surface area contributed by atoms with Crippen molar-refractivity contribution < 1.29 is 4.39 Å². The van der Waals surface area contributed by atoms with Crippen LogP contribution in [0.15, 0.2) is 18.2 Å². The molecule has 2 fully saturated rings. The van der Waals surface area contributed by atoms with E-state index >= 15 is 0 Å². The van der Waals surface area contributed by atoms with Crippen molar-refractivity contribution in [3.63, 3.8) is 0 Å². The summed E-state index contributed by atoms with van der Waals surface area (Å²) in [7, 11) is 0. The van der Waals surface area contributed by atoms with Crippen LogP contribution in [-0.2, 0) is 6.54 Å². The minimum Gasteiger partial charge on any atom is -0.396 e. The zero-order valence-electron chi connectivity index (χ0n) is 11.7. The van der Waals surface area contributed by atoms with Gasteiger partial charge in [0.25, 0.3) is 0 Å². The molecular weight excluding hydrogens is 269 g/mol. The Balaban J connectivity index is 1.60. The van der Waals surface area contributed by atoms with Crippen LogP contribution in [0.25, 0.3) is 11.4 Å². The second kappa shape index (κ2) is 4.79. The molecule has 3 unspecified atom stereocenters. The van der Waals surface area contributed by atoms with Gasteiger partial charge in [0.2, 0.25) is 0 Å². The molecule has 1 aromatic carbocycles. The van der Waals surface area contributed by atoms with Crippen LogP contribution in [0.1, 0.15) is 25.7 Å². The molecule has 2 aliphatic rings. The number of nitrogens with two attached hydrogens (primary N) is 1. The van der Waals surface area contributed by atoms with Crippen molar-refractivity contribution in [3.05, 3.63) is 24.0 Å². The first-order valence-corrected chi connectivity index (χ1v) is 7.52. The molecule has 5 nitrogen and oxygen atoms in total. The van der Waals surface area contributed by atoms with Crippen LogP contribution in [0.4, 0.5) is 10.1 Å². The van der Waals surface area contributed by atoms with Gasteiger partial charge in [0.1, 0.15) is 5.82 Å². The minimum absolute atomic E-state index is 0.144. The summed E-state index contributed by atoms with van der Waals surface area (Å²) in [5.74, 6) is 2.56. The number of fused-ring (bicyclic) bond motifs is 2. The van der Waals surface area contributed by atoms with Crippen LogP contribution >= 0.6 is 0 Å². The molecule has 2 N–H and O–H groups in total. The largest absolute Gasteiger partial charge is 0.396 e. The fourth-order valence-corrected chi connectivity index (χ4v) is 4.02. The molecule has 4 rings (SSSR count). The number of rotatable bonds is 3. The van der Waals surface area contributed by atoms with Crippen molar-refractivity contribution in [2.75, 3.05) is 5.73 Å². The lowest BCUT2D eigenvalue weighted by atomic mass is 9.89. The topological polar surface area (TPSA) is 69.6 Å². The highest BCUT2D eigenvalue weighted by Gasteiger charge is 2.39. The van der Waals surface area contributed by atoms with Crippen LogP contribution in [-0.4, -0.2) is 20.2 Å². The third-order valence-corrected chi connectivity index (χ3v) is 5.08. The monoisotopic (exact) mass is 287 g/mol. The molecule has 1 aromatic heterocycles. The van der Waals surface area contributed by atoms with Crippen molar-refractivity contribution in [1.82, 2.24) is 20.2 Å². The second-order valence-electron chi connectivity index (χ2n) is 6.36. The van der Waals surface area contributed by atoms with Gasteiger partial charge in [0, 0.05) is 12.1 Å². The zero-order valence-corrected chi connectivity index (χ0v) is 11.7. The Morgan fingerprint density at radius 1 is 1.29 bits per heavy atom. The molecule has 0 radical (unpaired) electrons. The predicted octanol–water partition coefficient (Wildman–Crippen LogP) is 2.50. The lowest BCUT2D eigenvalue weighted by Crippen LogP contribution is -2.18. The van der Waals surface area contributed by atoms with E-state index in [0.717, 1.165) is 18.4 Å². The Bertz CT molecular complexity index is 668. The number of hydrogen-bond donors (Lipinski definition) is 1. The van der Waals surface area contributed by atoms with Gasteiger partial charge in [0.15, 0.2) is 5.82 Å². The maximum absolute atomic E-state index is 13.6. The first-order chi connectivity index (χ1) is 10.2. The van der Waals surface area contributed by atoms with Gasteiger partial charge in [-0.15, -0.1) is 5.10 Å². The van der Waals surface area contributed by atoms with Gasteiger partial charge in [-0.3, -0.25) is 0 Å². The molecule has 2 saturated carbocycles. The standard InChI is InChI=1S/C15H18FN5/c16-13-7-11(3-4-14(13)17)15-18-19-20-21(15)8-12-6-9-1-2-10(12)5-9/h3-4,7,9-10,12H,1-2,5-6,8,17H2. The third kappa shape index (κ3) is 2.18. The highest BCUT2D eigenvalue weighted by molar-refractivity contribution is 5.59. The van der Waals surface area contributed by atoms with Crippen LogP contribution in [0, 0.1) is 23.6 Å². The maximum Gasteiger partial charge on any atom is 0.182 e. The summed E-state index contributed by atoms with van der Waals surface area (Å²) in [6.45, 7) is 0.829. The van der Waals surface area contributed by atoms with E-state index in [2.05, 4.69) is 15.5 Å². The molecule has 1 heterocycles. The Morgan fingerprint density at radius 3 is 2.90 bits per heavy atom. The molecule has 2 aromatic rings. The van der Waals surface area contributed by atoms with E-state index in [4.69, 9.17) is 5.73 Å². The zero-order chi connectivity index (χ0) is 14.4. The van der Waals surface area contributed by atoms with Gasteiger partial charge < -0.3 is 5.73 Å². The normalized spacial score (nSPS) is 27.4. The summed E-state index contributed by atoms with van der Waals surface area (Å²) in [5.41, 5.74) is 6.34. The summed E-state index contributed by atoms with van der Waals surface area (Å²) in [5, 5.41) is 11.9. The van der Waals surface area contributed by atoms with E-state index in [1.54, 1.807) is 12.1 Å². The molecule has 0 amide bonds. The van der Waals surface area contributed by atoms with E-state index in [9.17, 15) is 4.39 Å². The third-order valence-electron chi connectivity index (χ3n) is 5.08. The van der Waals surface area contributed by atoms with E-state index in [0.29, 0.717) is 17.3 Å². The first-order valence-electron chi connectivity index (χ1n) is 7.52. The van der Waals surface area contributed by atoms with Crippen LogP contribution in [0.2, 0.25) is 0 Å². The first kappa shape index (κ1) is 12.7. The van der Waals surface area contributed by atoms with Crippen molar-refractivity contribution in [2.24, 2.45) is 17.8 Å². The van der Waals surface area contributed by atoms with Crippen molar-refractivity contribution >= 4 is 5.69 Å². The molecule has 0 aliphatic heterocycles. The Labute approximate surface area is 122 Å².